The Hall–Kier alpha value is -3.87. The Morgan fingerprint density at radius 3 is 2.67 bits per heavy atom. The number of para-hydroxylation sites is 2. The molecule has 0 atom stereocenters. The highest BCUT2D eigenvalue weighted by molar-refractivity contribution is 6.04. The predicted molar refractivity (Wildman–Crippen MR) is 97.5 cm³/mol. The molecule has 1 heterocycles. The van der Waals surface area contributed by atoms with Gasteiger partial charge < -0.3 is 19.4 Å². The number of nitrogens with zero attached hydrogens (tertiary/aromatic N) is 1. The SMILES string of the molecule is COc1cccc(-c2c(C(=O)O)c3nc4ccccc4oc-3c(O)c2=O)c1. The second-order valence-corrected chi connectivity index (χ2v) is 5.82. The van der Waals surface area contributed by atoms with Gasteiger partial charge in [0.2, 0.25) is 11.2 Å². The first kappa shape index (κ1) is 16.6. The van der Waals surface area contributed by atoms with Gasteiger partial charge in [0.15, 0.2) is 11.3 Å². The number of aromatic carboxylic acids is 1. The van der Waals surface area contributed by atoms with Crippen molar-refractivity contribution in [3.05, 3.63) is 64.3 Å². The van der Waals surface area contributed by atoms with E-state index in [0.717, 1.165) is 0 Å². The van der Waals surface area contributed by atoms with E-state index < -0.39 is 17.1 Å². The lowest BCUT2D eigenvalue weighted by atomic mass is 9.94. The molecule has 4 rings (SSSR count). The number of carboxylic acids is 1. The average molecular weight is 363 g/mol. The first-order valence-electron chi connectivity index (χ1n) is 7.97. The summed E-state index contributed by atoms with van der Waals surface area (Å²) in [6.07, 6.45) is 0. The number of aromatic nitrogens is 1. The minimum Gasteiger partial charge on any atom is -0.501 e. The number of carboxylic acid groups (broad SMARTS) is 1. The van der Waals surface area contributed by atoms with Crippen molar-refractivity contribution in [3.63, 3.8) is 0 Å². The normalized spacial score (nSPS) is 11.0. The molecule has 0 saturated carbocycles. The Morgan fingerprint density at radius 1 is 1.15 bits per heavy atom. The molecule has 0 spiro atoms. The number of phenols is 1. The molecule has 2 aromatic rings. The molecular formula is C20H13NO6. The van der Waals surface area contributed by atoms with Gasteiger partial charge in [-0.25, -0.2) is 9.78 Å². The van der Waals surface area contributed by atoms with Crippen molar-refractivity contribution in [2.75, 3.05) is 7.11 Å². The van der Waals surface area contributed by atoms with Gasteiger partial charge in [-0.05, 0) is 29.8 Å². The van der Waals surface area contributed by atoms with Crippen LogP contribution in [0.2, 0.25) is 0 Å². The highest BCUT2D eigenvalue weighted by Crippen LogP contribution is 2.38. The molecule has 7 nitrogen and oxygen atoms in total. The average Bonchev–Trinajstić information content (AvgIpc) is 2.69. The maximum Gasteiger partial charge on any atom is 0.338 e. The van der Waals surface area contributed by atoms with Gasteiger partial charge in [-0.1, -0.05) is 24.3 Å². The maximum absolute atomic E-state index is 12.8. The minimum absolute atomic E-state index is 0.101. The number of methoxy groups -OCH3 is 1. The summed E-state index contributed by atoms with van der Waals surface area (Å²) < 4.78 is 10.7. The molecule has 2 aromatic carbocycles. The van der Waals surface area contributed by atoms with Crippen LogP contribution in [0.25, 0.3) is 33.7 Å². The molecule has 0 radical (unpaired) electrons. The Morgan fingerprint density at radius 2 is 1.93 bits per heavy atom. The molecule has 2 N–H and O–H groups in total. The van der Waals surface area contributed by atoms with E-state index in [1.54, 1.807) is 42.5 Å². The van der Waals surface area contributed by atoms with Gasteiger partial charge in [0.25, 0.3) is 0 Å². The van der Waals surface area contributed by atoms with Crippen molar-refractivity contribution >= 4 is 17.1 Å². The quantitative estimate of drug-likeness (QED) is 0.537. The van der Waals surface area contributed by atoms with Crippen LogP contribution in [0.1, 0.15) is 10.4 Å². The van der Waals surface area contributed by atoms with Crippen LogP contribution in [0.5, 0.6) is 11.5 Å². The van der Waals surface area contributed by atoms with Crippen LogP contribution in [0, 0.1) is 0 Å². The Kier molecular flexibility index (Phi) is 3.77. The van der Waals surface area contributed by atoms with E-state index in [2.05, 4.69) is 4.98 Å². The molecule has 134 valence electrons. The fourth-order valence-corrected chi connectivity index (χ4v) is 3.01. The van der Waals surface area contributed by atoms with Crippen molar-refractivity contribution in [1.29, 1.82) is 0 Å². The molecule has 0 amide bonds. The zero-order valence-electron chi connectivity index (χ0n) is 14.1. The number of hydrogen-bond donors (Lipinski definition) is 2. The van der Waals surface area contributed by atoms with E-state index in [1.165, 1.54) is 13.2 Å². The van der Waals surface area contributed by atoms with Crippen LogP contribution >= 0.6 is 0 Å². The molecule has 1 aliphatic carbocycles. The van der Waals surface area contributed by atoms with Crippen LogP contribution < -0.4 is 10.2 Å². The van der Waals surface area contributed by atoms with Crippen molar-refractivity contribution < 1.29 is 24.2 Å². The second kappa shape index (κ2) is 6.14. The maximum atomic E-state index is 12.8. The van der Waals surface area contributed by atoms with Crippen LogP contribution in [0.3, 0.4) is 0 Å². The Labute approximate surface area is 152 Å². The van der Waals surface area contributed by atoms with Gasteiger partial charge in [-0.3, -0.25) is 4.79 Å². The summed E-state index contributed by atoms with van der Waals surface area (Å²) in [4.78, 5) is 29.2. The number of carbonyl (C=O) groups is 1. The molecule has 0 bridgehead atoms. The molecule has 27 heavy (non-hydrogen) atoms. The third-order valence-corrected chi connectivity index (χ3v) is 4.24. The summed E-state index contributed by atoms with van der Waals surface area (Å²) in [5.74, 6) is -1.86. The lowest BCUT2D eigenvalue weighted by Crippen LogP contribution is -2.16. The fourth-order valence-electron chi connectivity index (χ4n) is 3.01. The molecule has 7 heteroatoms. The van der Waals surface area contributed by atoms with E-state index in [4.69, 9.17) is 9.15 Å². The minimum atomic E-state index is -1.35. The van der Waals surface area contributed by atoms with E-state index in [0.29, 0.717) is 22.4 Å². The van der Waals surface area contributed by atoms with E-state index in [9.17, 15) is 19.8 Å². The number of hydrogen-bond acceptors (Lipinski definition) is 6. The van der Waals surface area contributed by atoms with Gasteiger partial charge in [0.1, 0.15) is 22.5 Å². The van der Waals surface area contributed by atoms with Crippen molar-refractivity contribution in [2.24, 2.45) is 0 Å². The molecule has 0 aromatic heterocycles. The molecule has 1 aliphatic heterocycles. The van der Waals surface area contributed by atoms with Crippen LogP contribution in [0.4, 0.5) is 0 Å². The zero-order valence-corrected chi connectivity index (χ0v) is 14.1. The zero-order chi connectivity index (χ0) is 19.1. The molecule has 0 fully saturated rings. The molecule has 0 unspecified atom stereocenters. The summed E-state index contributed by atoms with van der Waals surface area (Å²) in [5, 5.41) is 20.2. The fraction of sp³-hybridized carbons (Fsp3) is 0.0500. The standard InChI is InChI=1S/C20H13NO6/c1-26-11-6-4-5-10(9-11)14-15(20(24)25)16-19(18(23)17(14)22)27-13-8-3-2-7-12(13)21-16/h2-9,23H,1H3,(H,24,25). The van der Waals surface area contributed by atoms with E-state index >= 15 is 0 Å². The number of phenolic OH excluding ortho intramolecular Hbond substituents is 1. The first-order chi connectivity index (χ1) is 13.0. The lowest BCUT2D eigenvalue weighted by molar-refractivity contribution is 0.0698. The van der Waals surface area contributed by atoms with Crippen molar-refractivity contribution in [3.8, 4) is 34.1 Å². The van der Waals surface area contributed by atoms with Crippen molar-refractivity contribution in [2.45, 2.75) is 0 Å². The van der Waals surface area contributed by atoms with Gasteiger partial charge in [0, 0.05) is 0 Å². The van der Waals surface area contributed by atoms with Gasteiger partial charge >= 0.3 is 5.97 Å². The molecule has 2 aliphatic rings. The molecule has 0 saturated heterocycles. The largest absolute Gasteiger partial charge is 0.501 e. The number of aromatic hydroxyl groups is 1. The summed E-state index contributed by atoms with van der Waals surface area (Å²) in [7, 11) is 1.46. The van der Waals surface area contributed by atoms with E-state index in [1.807, 2.05) is 0 Å². The summed E-state index contributed by atoms with van der Waals surface area (Å²) in [6.45, 7) is 0. The predicted octanol–water partition coefficient (Wildman–Crippen LogP) is 3.37. The summed E-state index contributed by atoms with van der Waals surface area (Å²) in [6, 6.07) is 13.1. The smallest absolute Gasteiger partial charge is 0.338 e. The van der Waals surface area contributed by atoms with Crippen LogP contribution in [0.15, 0.2) is 57.7 Å². The van der Waals surface area contributed by atoms with Gasteiger partial charge in [-0.15, -0.1) is 0 Å². The number of ether oxygens (including phenoxy) is 1. The first-order valence-corrected chi connectivity index (χ1v) is 7.97. The Balaban J connectivity index is 2.18. The molecular weight excluding hydrogens is 350 g/mol. The third-order valence-electron chi connectivity index (χ3n) is 4.24. The van der Waals surface area contributed by atoms with E-state index in [-0.39, 0.29) is 22.6 Å². The Bertz CT molecular complexity index is 1230. The van der Waals surface area contributed by atoms with Crippen molar-refractivity contribution in [1.82, 2.24) is 4.98 Å². The highest BCUT2D eigenvalue weighted by Gasteiger charge is 2.30. The van der Waals surface area contributed by atoms with Gasteiger partial charge in [-0.2, -0.15) is 0 Å². The number of rotatable bonds is 3. The monoisotopic (exact) mass is 363 g/mol. The highest BCUT2D eigenvalue weighted by atomic mass is 16.5. The van der Waals surface area contributed by atoms with Gasteiger partial charge in [0.05, 0.1) is 12.7 Å². The lowest BCUT2D eigenvalue weighted by Gasteiger charge is -2.14. The number of fused-ring (bicyclic) bond motifs is 2. The summed E-state index contributed by atoms with van der Waals surface area (Å²) >= 11 is 0. The number of benzene rings is 3. The summed E-state index contributed by atoms with van der Waals surface area (Å²) in [5.41, 5.74) is -0.443. The third kappa shape index (κ3) is 2.56. The topological polar surface area (TPSA) is 110 Å². The van der Waals surface area contributed by atoms with Crippen LogP contribution in [-0.4, -0.2) is 28.3 Å². The second-order valence-electron chi connectivity index (χ2n) is 5.82. The van der Waals surface area contributed by atoms with Crippen LogP contribution in [-0.2, 0) is 0 Å².